The van der Waals surface area contributed by atoms with E-state index in [1.807, 2.05) is 24.3 Å². The molecule has 25 heavy (non-hydrogen) atoms. The van der Waals surface area contributed by atoms with Crippen LogP contribution in [0.15, 0.2) is 36.4 Å². The lowest BCUT2D eigenvalue weighted by atomic mass is 9.78. The standard InChI is InChI=1S/C18H22N4O3/c1-11(25-15-6-4-3-5-7-15)18(24)20-17-10-16(21-22-17)13-8-14(9-13)19-12(2)23/h3-7,10-11,13-14H,8-9H2,1-2H3,(H,19,23)(H2,20,21,22,24)/t11?,13-,14+. The maximum Gasteiger partial charge on any atom is 0.266 e. The van der Waals surface area contributed by atoms with Crippen molar-refractivity contribution in [3.8, 4) is 5.75 Å². The highest BCUT2D eigenvalue weighted by Crippen LogP contribution is 2.36. The molecule has 2 aromatic rings. The Morgan fingerprint density at radius 1 is 1.28 bits per heavy atom. The number of benzene rings is 1. The molecule has 0 aliphatic heterocycles. The van der Waals surface area contributed by atoms with Crippen molar-refractivity contribution in [3.63, 3.8) is 0 Å². The molecule has 0 bridgehead atoms. The molecule has 1 aromatic carbocycles. The van der Waals surface area contributed by atoms with Gasteiger partial charge in [0.15, 0.2) is 6.10 Å². The van der Waals surface area contributed by atoms with Crippen LogP contribution in [0.2, 0.25) is 0 Å². The Labute approximate surface area is 146 Å². The molecular weight excluding hydrogens is 320 g/mol. The van der Waals surface area contributed by atoms with Crippen molar-refractivity contribution < 1.29 is 14.3 Å². The number of aromatic amines is 1. The molecule has 1 aromatic heterocycles. The molecule has 1 aliphatic carbocycles. The third-order valence-electron chi connectivity index (χ3n) is 4.24. The van der Waals surface area contributed by atoms with E-state index in [0.717, 1.165) is 18.5 Å². The smallest absolute Gasteiger partial charge is 0.266 e. The van der Waals surface area contributed by atoms with Gasteiger partial charge in [0, 0.05) is 24.9 Å². The molecule has 3 rings (SSSR count). The molecule has 1 saturated carbocycles. The van der Waals surface area contributed by atoms with Crippen LogP contribution in [-0.4, -0.2) is 34.2 Å². The Kier molecular flexibility index (Phi) is 5.02. The number of nitrogens with one attached hydrogen (secondary N) is 3. The molecule has 1 aliphatic rings. The van der Waals surface area contributed by atoms with Gasteiger partial charge < -0.3 is 15.4 Å². The van der Waals surface area contributed by atoms with E-state index < -0.39 is 6.10 Å². The molecule has 1 fully saturated rings. The summed E-state index contributed by atoms with van der Waals surface area (Å²) in [7, 11) is 0. The fourth-order valence-electron chi connectivity index (χ4n) is 2.87. The Morgan fingerprint density at radius 2 is 2.00 bits per heavy atom. The van der Waals surface area contributed by atoms with Crippen LogP contribution in [-0.2, 0) is 9.59 Å². The molecule has 0 spiro atoms. The number of hydrogen-bond donors (Lipinski definition) is 3. The van der Waals surface area contributed by atoms with Gasteiger partial charge in [-0.15, -0.1) is 0 Å². The summed E-state index contributed by atoms with van der Waals surface area (Å²) in [6.45, 7) is 3.22. The monoisotopic (exact) mass is 342 g/mol. The van der Waals surface area contributed by atoms with Gasteiger partial charge in [-0.05, 0) is 31.9 Å². The topological polar surface area (TPSA) is 96.1 Å². The minimum absolute atomic E-state index is 0.00849. The van der Waals surface area contributed by atoms with E-state index in [1.165, 1.54) is 6.92 Å². The van der Waals surface area contributed by atoms with Crippen LogP contribution in [0.25, 0.3) is 0 Å². The van der Waals surface area contributed by atoms with Crippen LogP contribution in [0.4, 0.5) is 5.82 Å². The first kappa shape index (κ1) is 17.0. The van der Waals surface area contributed by atoms with E-state index in [4.69, 9.17) is 4.74 Å². The number of ether oxygens (including phenoxy) is 1. The summed E-state index contributed by atoms with van der Waals surface area (Å²) in [6.07, 6.45) is 1.11. The van der Waals surface area contributed by atoms with Crippen molar-refractivity contribution in [1.82, 2.24) is 15.5 Å². The fraction of sp³-hybridized carbons (Fsp3) is 0.389. The van der Waals surface area contributed by atoms with Crippen LogP contribution in [0.3, 0.4) is 0 Å². The average Bonchev–Trinajstić information content (AvgIpc) is 2.99. The van der Waals surface area contributed by atoms with E-state index >= 15 is 0 Å². The number of amides is 2. The summed E-state index contributed by atoms with van der Waals surface area (Å²) in [6, 6.07) is 11.3. The Hall–Kier alpha value is -2.83. The zero-order valence-electron chi connectivity index (χ0n) is 14.3. The van der Waals surface area contributed by atoms with Gasteiger partial charge in [-0.3, -0.25) is 14.7 Å². The first-order chi connectivity index (χ1) is 12.0. The first-order valence-electron chi connectivity index (χ1n) is 8.36. The maximum absolute atomic E-state index is 12.2. The molecule has 0 saturated heterocycles. The average molecular weight is 342 g/mol. The molecule has 7 heteroatoms. The number of para-hydroxylation sites is 1. The van der Waals surface area contributed by atoms with Gasteiger partial charge in [0.05, 0.1) is 5.69 Å². The highest BCUT2D eigenvalue weighted by Gasteiger charge is 2.32. The van der Waals surface area contributed by atoms with Crippen LogP contribution in [0, 0.1) is 0 Å². The summed E-state index contributed by atoms with van der Waals surface area (Å²) in [5, 5.41) is 12.8. The van der Waals surface area contributed by atoms with Gasteiger partial charge in [0.1, 0.15) is 11.6 Å². The number of carbonyl (C=O) groups excluding carboxylic acids is 2. The van der Waals surface area contributed by atoms with Crippen LogP contribution < -0.4 is 15.4 Å². The lowest BCUT2D eigenvalue weighted by molar-refractivity contribution is -0.122. The zero-order valence-corrected chi connectivity index (χ0v) is 14.3. The number of hydrogen-bond acceptors (Lipinski definition) is 4. The number of rotatable bonds is 6. The quantitative estimate of drug-likeness (QED) is 0.750. The van der Waals surface area contributed by atoms with Crippen molar-refractivity contribution in [1.29, 1.82) is 0 Å². The van der Waals surface area contributed by atoms with Gasteiger partial charge in [-0.25, -0.2) is 0 Å². The van der Waals surface area contributed by atoms with Crippen LogP contribution in [0.5, 0.6) is 5.75 Å². The Balaban J connectivity index is 1.50. The second-order valence-electron chi connectivity index (χ2n) is 6.33. The molecule has 1 heterocycles. The SMILES string of the molecule is CC(=O)N[C@H]1C[C@@H](c2cc(NC(=O)C(C)Oc3ccccc3)[nH]n2)C1. The molecule has 2 amide bonds. The van der Waals surface area contributed by atoms with E-state index in [9.17, 15) is 9.59 Å². The van der Waals surface area contributed by atoms with Gasteiger partial charge in [0.2, 0.25) is 5.91 Å². The van der Waals surface area contributed by atoms with Gasteiger partial charge >= 0.3 is 0 Å². The predicted molar refractivity (Wildman–Crippen MR) is 93.3 cm³/mol. The van der Waals surface area contributed by atoms with E-state index in [0.29, 0.717) is 17.5 Å². The molecule has 7 nitrogen and oxygen atoms in total. The molecule has 132 valence electrons. The molecule has 3 N–H and O–H groups in total. The number of H-pyrrole nitrogens is 1. The molecule has 1 unspecified atom stereocenters. The predicted octanol–water partition coefficient (Wildman–Crippen LogP) is 2.20. The van der Waals surface area contributed by atoms with E-state index in [1.54, 1.807) is 19.1 Å². The number of anilines is 1. The van der Waals surface area contributed by atoms with Crippen LogP contribution in [0.1, 0.15) is 38.3 Å². The van der Waals surface area contributed by atoms with Crippen molar-refractivity contribution in [3.05, 3.63) is 42.1 Å². The molecule has 1 atom stereocenters. The van der Waals surface area contributed by atoms with E-state index in [2.05, 4.69) is 20.8 Å². The van der Waals surface area contributed by atoms with Crippen molar-refractivity contribution in [2.45, 2.75) is 44.8 Å². The number of nitrogens with zero attached hydrogens (tertiary/aromatic N) is 1. The van der Waals surface area contributed by atoms with Gasteiger partial charge in [-0.2, -0.15) is 5.10 Å². The third-order valence-corrected chi connectivity index (χ3v) is 4.24. The minimum atomic E-state index is -0.623. The first-order valence-corrected chi connectivity index (χ1v) is 8.36. The minimum Gasteiger partial charge on any atom is -0.481 e. The van der Waals surface area contributed by atoms with Gasteiger partial charge in [-0.1, -0.05) is 18.2 Å². The fourth-order valence-corrected chi connectivity index (χ4v) is 2.87. The van der Waals surface area contributed by atoms with Crippen molar-refractivity contribution >= 4 is 17.6 Å². The largest absolute Gasteiger partial charge is 0.481 e. The van der Waals surface area contributed by atoms with Crippen molar-refractivity contribution in [2.24, 2.45) is 0 Å². The lowest BCUT2D eigenvalue weighted by Crippen LogP contribution is -2.42. The molecule has 0 radical (unpaired) electrons. The normalized spacial score (nSPS) is 20.2. The second-order valence-corrected chi connectivity index (χ2v) is 6.33. The Bertz CT molecular complexity index is 738. The van der Waals surface area contributed by atoms with Gasteiger partial charge in [0.25, 0.3) is 5.91 Å². The number of aromatic nitrogens is 2. The second kappa shape index (κ2) is 7.38. The van der Waals surface area contributed by atoms with Crippen LogP contribution >= 0.6 is 0 Å². The van der Waals surface area contributed by atoms with E-state index in [-0.39, 0.29) is 17.9 Å². The highest BCUT2D eigenvalue weighted by molar-refractivity contribution is 5.93. The lowest BCUT2D eigenvalue weighted by Gasteiger charge is -2.34. The summed E-state index contributed by atoms with van der Waals surface area (Å²) >= 11 is 0. The molecular formula is C18H22N4O3. The summed E-state index contributed by atoms with van der Waals surface area (Å²) in [5.41, 5.74) is 0.897. The zero-order chi connectivity index (χ0) is 17.8. The summed E-state index contributed by atoms with van der Waals surface area (Å²) in [4.78, 5) is 23.2. The highest BCUT2D eigenvalue weighted by atomic mass is 16.5. The third kappa shape index (κ3) is 4.37. The Morgan fingerprint density at radius 3 is 2.68 bits per heavy atom. The van der Waals surface area contributed by atoms with Crippen molar-refractivity contribution in [2.75, 3.05) is 5.32 Å². The summed E-state index contributed by atoms with van der Waals surface area (Å²) in [5.74, 6) is 1.24. The summed E-state index contributed by atoms with van der Waals surface area (Å²) < 4.78 is 5.60. The maximum atomic E-state index is 12.2. The number of carbonyl (C=O) groups is 2.